The minimum atomic E-state index is 0.129. The van der Waals surface area contributed by atoms with Gasteiger partial charge in [-0.1, -0.05) is 32.9 Å². The molecule has 1 aromatic rings. The molecule has 5 heteroatoms. The highest BCUT2D eigenvalue weighted by Crippen LogP contribution is 2.24. The molecule has 2 N–H and O–H groups in total. The highest BCUT2D eigenvalue weighted by atomic mass is 32.1. The van der Waals surface area contributed by atoms with Gasteiger partial charge in [0.25, 0.3) is 0 Å². The number of aromatic nitrogens is 1. The quantitative estimate of drug-likeness (QED) is 0.497. The van der Waals surface area contributed by atoms with Crippen molar-refractivity contribution in [2.45, 2.75) is 58.4 Å². The SMILES string of the molecule is CCNC(=NCCc1nc(C(C)(C)C)cs1)NC1CC=CC1. The summed E-state index contributed by atoms with van der Waals surface area (Å²) in [5.41, 5.74) is 1.31. The van der Waals surface area contributed by atoms with Crippen molar-refractivity contribution >= 4 is 17.3 Å². The van der Waals surface area contributed by atoms with Crippen molar-refractivity contribution in [3.8, 4) is 0 Å². The van der Waals surface area contributed by atoms with Crippen LogP contribution in [0, 0.1) is 0 Å². The fraction of sp³-hybridized carbons (Fsp3) is 0.647. The van der Waals surface area contributed by atoms with E-state index in [0.717, 1.165) is 38.3 Å². The summed E-state index contributed by atoms with van der Waals surface area (Å²) in [6.07, 6.45) is 7.54. The van der Waals surface area contributed by atoms with Crippen LogP contribution in [0.3, 0.4) is 0 Å². The zero-order chi connectivity index (χ0) is 16.0. The summed E-state index contributed by atoms with van der Waals surface area (Å²) in [7, 11) is 0. The number of hydrogen-bond acceptors (Lipinski definition) is 3. The maximum Gasteiger partial charge on any atom is 0.191 e. The summed E-state index contributed by atoms with van der Waals surface area (Å²) in [4.78, 5) is 9.40. The van der Waals surface area contributed by atoms with E-state index in [1.54, 1.807) is 11.3 Å². The van der Waals surface area contributed by atoms with Crippen LogP contribution in [-0.4, -0.2) is 30.1 Å². The number of rotatable bonds is 5. The Morgan fingerprint density at radius 1 is 1.36 bits per heavy atom. The van der Waals surface area contributed by atoms with Crippen LogP contribution >= 0.6 is 11.3 Å². The van der Waals surface area contributed by atoms with Crippen molar-refractivity contribution in [2.75, 3.05) is 13.1 Å². The molecule has 4 nitrogen and oxygen atoms in total. The fourth-order valence-corrected chi connectivity index (χ4v) is 3.30. The Bertz CT molecular complexity index is 517. The van der Waals surface area contributed by atoms with E-state index in [9.17, 15) is 0 Å². The van der Waals surface area contributed by atoms with Crippen molar-refractivity contribution in [1.29, 1.82) is 0 Å². The van der Waals surface area contributed by atoms with Crippen LogP contribution in [0.15, 0.2) is 22.5 Å². The molecule has 122 valence electrons. The molecule has 0 saturated heterocycles. The first kappa shape index (κ1) is 17.0. The zero-order valence-electron chi connectivity index (χ0n) is 14.1. The third kappa shape index (κ3) is 5.13. The maximum absolute atomic E-state index is 4.73. The first-order valence-electron chi connectivity index (χ1n) is 8.13. The molecule has 0 spiro atoms. The molecule has 0 saturated carbocycles. The van der Waals surface area contributed by atoms with Gasteiger partial charge >= 0.3 is 0 Å². The van der Waals surface area contributed by atoms with Crippen molar-refractivity contribution < 1.29 is 0 Å². The fourth-order valence-electron chi connectivity index (χ4n) is 2.28. The van der Waals surface area contributed by atoms with Gasteiger partial charge in [-0.3, -0.25) is 4.99 Å². The van der Waals surface area contributed by atoms with Crippen LogP contribution in [-0.2, 0) is 11.8 Å². The van der Waals surface area contributed by atoms with E-state index in [2.05, 4.69) is 60.9 Å². The molecule has 22 heavy (non-hydrogen) atoms. The van der Waals surface area contributed by atoms with Gasteiger partial charge in [0.05, 0.1) is 10.7 Å². The van der Waals surface area contributed by atoms with Gasteiger partial charge in [-0.25, -0.2) is 4.98 Å². The standard InChI is InChI=1S/C17H28N4S/c1-5-18-16(20-13-8-6-7-9-13)19-11-10-15-21-14(12-22-15)17(2,3)4/h6-7,12-13H,5,8-11H2,1-4H3,(H2,18,19,20). The Kier molecular flexibility index (Phi) is 6.00. The van der Waals surface area contributed by atoms with Crippen molar-refractivity contribution in [3.63, 3.8) is 0 Å². The molecular weight excluding hydrogens is 292 g/mol. The molecule has 0 aliphatic heterocycles. The molecule has 0 unspecified atom stereocenters. The average molecular weight is 321 g/mol. The predicted octanol–water partition coefficient (Wildman–Crippen LogP) is 3.26. The van der Waals surface area contributed by atoms with Gasteiger partial charge in [0, 0.05) is 36.3 Å². The molecule has 0 radical (unpaired) electrons. The largest absolute Gasteiger partial charge is 0.357 e. The third-order valence-corrected chi connectivity index (χ3v) is 4.52. The Morgan fingerprint density at radius 2 is 2.09 bits per heavy atom. The number of nitrogens with zero attached hydrogens (tertiary/aromatic N) is 2. The number of hydrogen-bond donors (Lipinski definition) is 2. The molecule has 1 heterocycles. The lowest BCUT2D eigenvalue weighted by Crippen LogP contribution is -2.42. The predicted molar refractivity (Wildman–Crippen MR) is 95.8 cm³/mol. The third-order valence-electron chi connectivity index (χ3n) is 3.61. The maximum atomic E-state index is 4.73. The molecule has 1 aliphatic rings. The van der Waals surface area contributed by atoms with Gasteiger partial charge in [-0.2, -0.15) is 0 Å². The van der Waals surface area contributed by atoms with E-state index in [1.165, 1.54) is 10.7 Å². The lowest BCUT2D eigenvalue weighted by atomic mass is 9.93. The molecule has 0 bridgehead atoms. The summed E-state index contributed by atoms with van der Waals surface area (Å²) in [6.45, 7) is 10.4. The molecular formula is C17H28N4S. The van der Waals surface area contributed by atoms with Crippen LogP contribution in [0.5, 0.6) is 0 Å². The first-order valence-corrected chi connectivity index (χ1v) is 9.01. The summed E-state index contributed by atoms with van der Waals surface area (Å²) >= 11 is 1.74. The second-order valence-electron chi connectivity index (χ2n) is 6.67. The van der Waals surface area contributed by atoms with Crippen LogP contribution in [0.1, 0.15) is 51.2 Å². The molecule has 0 atom stereocenters. The summed E-state index contributed by atoms with van der Waals surface area (Å²) in [5, 5.41) is 10.2. The summed E-state index contributed by atoms with van der Waals surface area (Å²) in [5.74, 6) is 0.920. The van der Waals surface area contributed by atoms with E-state index in [4.69, 9.17) is 4.98 Å². The topological polar surface area (TPSA) is 49.3 Å². The van der Waals surface area contributed by atoms with E-state index in [1.807, 2.05) is 0 Å². The number of nitrogens with one attached hydrogen (secondary N) is 2. The van der Waals surface area contributed by atoms with E-state index in [0.29, 0.717) is 6.04 Å². The lowest BCUT2D eigenvalue weighted by Gasteiger charge is -2.16. The Morgan fingerprint density at radius 3 is 2.68 bits per heavy atom. The van der Waals surface area contributed by atoms with Gasteiger partial charge in [-0.05, 0) is 19.8 Å². The van der Waals surface area contributed by atoms with Crippen molar-refractivity contribution in [2.24, 2.45) is 4.99 Å². The molecule has 1 aromatic heterocycles. The second kappa shape index (κ2) is 7.77. The number of aliphatic imine (C=N–C) groups is 1. The normalized spacial score (nSPS) is 16.3. The van der Waals surface area contributed by atoms with E-state index < -0.39 is 0 Å². The Balaban J connectivity index is 1.86. The molecule has 1 aliphatic carbocycles. The molecule has 2 rings (SSSR count). The average Bonchev–Trinajstić information content (AvgIpc) is 3.09. The van der Waals surface area contributed by atoms with E-state index in [-0.39, 0.29) is 5.41 Å². The highest BCUT2D eigenvalue weighted by molar-refractivity contribution is 7.09. The molecule has 0 aromatic carbocycles. The summed E-state index contributed by atoms with van der Waals surface area (Å²) < 4.78 is 0. The number of guanidine groups is 1. The van der Waals surface area contributed by atoms with Gasteiger partial charge in [-0.15, -0.1) is 11.3 Å². The van der Waals surface area contributed by atoms with E-state index >= 15 is 0 Å². The van der Waals surface area contributed by atoms with Crippen LogP contribution in [0.2, 0.25) is 0 Å². The number of thiazole rings is 1. The van der Waals surface area contributed by atoms with Crippen LogP contribution in [0.4, 0.5) is 0 Å². The minimum Gasteiger partial charge on any atom is -0.357 e. The highest BCUT2D eigenvalue weighted by Gasteiger charge is 2.17. The Hall–Kier alpha value is -1.36. The smallest absolute Gasteiger partial charge is 0.191 e. The van der Waals surface area contributed by atoms with Crippen LogP contribution < -0.4 is 10.6 Å². The van der Waals surface area contributed by atoms with Crippen molar-refractivity contribution in [3.05, 3.63) is 28.2 Å². The Labute approximate surface area is 138 Å². The first-order chi connectivity index (χ1) is 10.5. The van der Waals surface area contributed by atoms with Crippen LogP contribution in [0.25, 0.3) is 0 Å². The van der Waals surface area contributed by atoms with Gasteiger partial charge in [0.2, 0.25) is 0 Å². The van der Waals surface area contributed by atoms with Gasteiger partial charge in [0.1, 0.15) is 0 Å². The lowest BCUT2D eigenvalue weighted by molar-refractivity contribution is 0.570. The van der Waals surface area contributed by atoms with Gasteiger partial charge in [0.15, 0.2) is 5.96 Å². The zero-order valence-corrected chi connectivity index (χ0v) is 15.0. The molecule has 0 amide bonds. The minimum absolute atomic E-state index is 0.129. The molecule has 0 fully saturated rings. The summed E-state index contributed by atoms with van der Waals surface area (Å²) in [6, 6.07) is 0.491. The second-order valence-corrected chi connectivity index (χ2v) is 7.61. The van der Waals surface area contributed by atoms with Gasteiger partial charge < -0.3 is 10.6 Å². The van der Waals surface area contributed by atoms with Crippen molar-refractivity contribution in [1.82, 2.24) is 15.6 Å². The monoisotopic (exact) mass is 320 g/mol.